The number of carbonyl (C=O) groups is 1. The highest BCUT2D eigenvalue weighted by Crippen LogP contribution is 2.32. The Labute approximate surface area is 142 Å². The van der Waals surface area contributed by atoms with E-state index in [0.29, 0.717) is 6.54 Å². The van der Waals surface area contributed by atoms with Crippen LogP contribution in [0, 0.1) is 12.3 Å². The first kappa shape index (κ1) is 16.6. The van der Waals surface area contributed by atoms with Gasteiger partial charge in [-0.25, -0.2) is 0 Å². The second-order valence-electron chi connectivity index (χ2n) is 7.57. The highest BCUT2D eigenvalue weighted by molar-refractivity contribution is 5.81. The van der Waals surface area contributed by atoms with Gasteiger partial charge in [0.2, 0.25) is 5.91 Å². The molecule has 6 heteroatoms. The third kappa shape index (κ3) is 3.32. The molecule has 3 rings (SSSR count). The van der Waals surface area contributed by atoms with Crippen molar-refractivity contribution in [3.63, 3.8) is 0 Å². The lowest BCUT2D eigenvalue weighted by Gasteiger charge is -2.36. The first-order chi connectivity index (χ1) is 11.4. The minimum absolute atomic E-state index is 0.200. The van der Waals surface area contributed by atoms with Crippen LogP contribution in [0.2, 0.25) is 0 Å². The lowest BCUT2D eigenvalue weighted by atomic mass is 9.89. The molecule has 1 amide bonds. The fourth-order valence-corrected chi connectivity index (χ4v) is 3.24. The molecule has 1 unspecified atom stereocenters. The van der Waals surface area contributed by atoms with Crippen molar-refractivity contribution in [2.24, 2.45) is 5.41 Å². The molecule has 128 valence electrons. The standard InChI is InChI=1S/C18H25N5O/c1-12-10-14(22-21-12)16-15(19-7-8-20-16)13-6-5-9-23(11-13)17(24)18(2,3)4/h7-8,10,13H,5-6,9,11H2,1-4H3,(H,21,22). The smallest absolute Gasteiger partial charge is 0.227 e. The van der Waals surface area contributed by atoms with Gasteiger partial charge >= 0.3 is 0 Å². The molecular formula is C18H25N5O. The molecular weight excluding hydrogens is 302 g/mol. The molecule has 1 N–H and O–H groups in total. The van der Waals surface area contributed by atoms with Crippen LogP contribution >= 0.6 is 0 Å². The third-order valence-electron chi connectivity index (χ3n) is 4.41. The Kier molecular flexibility index (Phi) is 4.39. The van der Waals surface area contributed by atoms with E-state index in [-0.39, 0.29) is 17.2 Å². The fourth-order valence-electron chi connectivity index (χ4n) is 3.24. The zero-order valence-electron chi connectivity index (χ0n) is 14.8. The second-order valence-corrected chi connectivity index (χ2v) is 7.57. The summed E-state index contributed by atoms with van der Waals surface area (Å²) in [6, 6.07) is 1.98. The molecule has 24 heavy (non-hydrogen) atoms. The number of H-pyrrole nitrogens is 1. The molecule has 0 saturated carbocycles. The van der Waals surface area contributed by atoms with Crippen molar-refractivity contribution >= 4 is 5.91 Å². The van der Waals surface area contributed by atoms with Crippen molar-refractivity contribution in [1.29, 1.82) is 0 Å². The largest absolute Gasteiger partial charge is 0.342 e. The van der Waals surface area contributed by atoms with Gasteiger partial charge in [0.1, 0.15) is 11.4 Å². The van der Waals surface area contributed by atoms with Crippen molar-refractivity contribution in [2.75, 3.05) is 13.1 Å². The van der Waals surface area contributed by atoms with Crippen LogP contribution in [0.15, 0.2) is 18.5 Å². The van der Waals surface area contributed by atoms with E-state index in [1.807, 2.05) is 38.7 Å². The average Bonchev–Trinajstić information content (AvgIpc) is 3.00. The minimum atomic E-state index is -0.355. The Morgan fingerprint density at radius 2 is 2.04 bits per heavy atom. The number of nitrogens with one attached hydrogen (secondary N) is 1. The summed E-state index contributed by atoms with van der Waals surface area (Å²) >= 11 is 0. The molecule has 1 saturated heterocycles. The van der Waals surface area contributed by atoms with Gasteiger partial charge in [-0.3, -0.25) is 19.9 Å². The summed E-state index contributed by atoms with van der Waals surface area (Å²) in [4.78, 5) is 23.7. The summed E-state index contributed by atoms with van der Waals surface area (Å²) < 4.78 is 0. The summed E-state index contributed by atoms with van der Waals surface area (Å²) in [6.45, 7) is 9.41. The highest BCUT2D eigenvalue weighted by atomic mass is 16.2. The van der Waals surface area contributed by atoms with E-state index in [4.69, 9.17) is 0 Å². The molecule has 0 spiro atoms. The Morgan fingerprint density at radius 1 is 1.29 bits per heavy atom. The Morgan fingerprint density at radius 3 is 2.71 bits per heavy atom. The monoisotopic (exact) mass is 327 g/mol. The van der Waals surface area contributed by atoms with Crippen LogP contribution in [0.3, 0.4) is 0 Å². The van der Waals surface area contributed by atoms with E-state index in [1.165, 1.54) is 0 Å². The normalized spacial score (nSPS) is 18.7. The first-order valence-electron chi connectivity index (χ1n) is 8.49. The Balaban J connectivity index is 1.88. The molecule has 0 aliphatic carbocycles. The van der Waals surface area contributed by atoms with E-state index >= 15 is 0 Å². The molecule has 2 aromatic rings. The predicted molar refractivity (Wildman–Crippen MR) is 92.4 cm³/mol. The summed E-state index contributed by atoms with van der Waals surface area (Å²) in [5.74, 6) is 0.402. The zero-order chi connectivity index (χ0) is 17.3. The number of rotatable bonds is 2. The van der Waals surface area contributed by atoms with Gasteiger partial charge < -0.3 is 4.90 Å². The number of piperidine rings is 1. The van der Waals surface area contributed by atoms with Gasteiger partial charge in [-0.05, 0) is 25.8 Å². The van der Waals surface area contributed by atoms with Gasteiger partial charge in [-0.1, -0.05) is 20.8 Å². The van der Waals surface area contributed by atoms with Crippen LogP contribution in [0.25, 0.3) is 11.4 Å². The molecule has 0 radical (unpaired) electrons. The number of amides is 1. The van der Waals surface area contributed by atoms with Gasteiger partial charge in [-0.2, -0.15) is 5.10 Å². The van der Waals surface area contributed by atoms with Crippen molar-refractivity contribution in [3.8, 4) is 11.4 Å². The number of aromatic nitrogens is 4. The molecule has 1 aliphatic heterocycles. The average molecular weight is 327 g/mol. The van der Waals surface area contributed by atoms with Gasteiger partial charge in [0.05, 0.1) is 5.69 Å². The molecule has 1 atom stereocenters. The summed E-state index contributed by atoms with van der Waals surface area (Å²) in [5.41, 5.74) is 3.21. The van der Waals surface area contributed by atoms with Crippen molar-refractivity contribution < 1.29 is 4.79 Å². The quantitative estimate of drug-likeness (QED) is 0.920. The van der Waals surface area contributed by atoms with Crippen LogP contribution in [0.4, 0.5) is 0 Å². The lowest BCUT2D eigenvalue weighted by molar-refractivity contribution is -0.140. The fraction of sp³-hybridized carbons (Fsp3) is 0.556. The highest BCUT2D eigenvalue weighted by Gasteiger charge is 2.33. The Bertz CT molecular complexity index is 731. The van der Waals surface area contributed by atoms with Gasteiger partial charge in [0, 0.05) is 42.5 Å². The van der Waals surface area contributed by atoms with E-state index in [0.717, 1.165) is 42.2 Å². The summed E-state index contributed by atoms with van der Waals surface area (Å²) in [5, 5.41) is 7.29. The van der Waals surface area contributed by atoms with Gasteiger partial charge in [0.25, 0.3) is 0 Å². The second kappa shape index (κ2) is 6.34. The lowest BCUT2D eigenvalue weighted by Crippen LogP contribution is -2.44. The number of carbonyl (C=O) groups excluding carboxylic acids is 1. The maximum atomic E-state index is 12.6. The van der Waals surface area contributed by atoms with Crippen LogP contribution in [0.1, 0.15) is 50.9 Å². The maximum Gasteiger partial charge on any atom is 0.227 e. The molecule has 0 bridgehead atoms. The molecule has 6 nitrogen and oxygen atoms in total. The number of hydrogen-bond acceptors (Lipinski definition) is 4. The van der Waals surface area contributed by atoms with E-state index in [9.17, 15) is 4.79 Å². The van der Waals surface area contributed by atoms with E-state index < -0.39 is 0 Å². The third-order valence-corrected chi connectivity index (χ3v) is 4.41. The van der Waals surface area contributed by atoms with Crippen LogP contribution < -0.4 is 0 Å². The van der Waals surface area contributed by atoms with Crippen molar-refractivity contribution in [3.05, 3.63) is 29.8 Å². The first-order valence-corrected chi connectivity index (χ1v) is 8.49. The van der Waals surface area contributed by atoms with Crippen molar-refractivity contribution in [2.45, 2.75) is 46.5 Å². The zero-order valence-corrected chi connectivity index (χ0v) is 14.8. The maximum absolute atomic E-state index is 12.6. The number of aryl methyl sites for hydroxylation is 1. The number of nitrogens with zero attached hydrogens (tertiary/aromatic N) is 4. The van der Waals surface area contributed by atoms with Crippen molar-refractivity contribution in [1.82, 2.24) is 25.1 Å². The molecule has 1 aliphatic rings. The van der Waals surface area contributed by atoms with Crippen LogP contribution in [-0.4, -0.2) is 44.1 Å². The predicted octanol–water partition coefficient (Wildman–Crippen LogP) is 2.93. The topological polar surface area (TPSA) is 74.8 Å². The SMILES string of the molecule is Cc1cc(-c2nccnc2C2CCCN(C(=O)C(C)(C)C)C2)n[nH]1. The number of hydrogen-bond donors (Lipinski definition) is 1. The van der Waals surface area contributed by atoms with E-state index in [1.54, 1.807) is 12.4 Å². The molecule has 2 aromatic heterocycles. The number of likely N-dealkylation sites (tertiary alicyclic amines) is 1. The van der Waals surface area contributed by atoms with Crippen LogP contribution in [0.5, 0.6) is 0 Å². The Hall–Kier alpha value is -2.24. The van der Waals surface area contributed by atoms with Gasteiger partial charge in [0.15, 0.2) is 0 Å². The minimum Gasteiger partial charge on any atom is -0.342 e. The molecule has 1 fully saturated rings. The van der Waals surface area contributed by atoms with E-state index in [2.05, 4.69) is 20.2 Å². The summed E-state index contributed by atoms with van der Waals surface area (Å²) in [7, 11) is 0. The van der Waals surface area contributed by atoms with Gasteiger partial charge in [-0.15, -0.1) is 0 Å². The molecule has 3 heterocycles. The summed E-state index contributed by atoms with van der Waals surface area (Å²) in [6.07, 6.45) is 5.43. The molecule has 0 aromatic carbocycles. The number of aromatic amines is 1. The van der Waals surface area contributed by atoms with Crippen LogP contribution in [-0.2, 0) is 4.79 Å².